The molecule has 1 atom stereocenters. The molecule has 0 radical (unpaired) electrons. The molecule has 0 amide bonds. The number of ether oxygens (including phenoxy) is 3. The van der Waals surface area contributed by atoms with Gasteiger partial charge in [-0.2, -0.15) is 0 Å². The van der Waals surface area contributed by atoms with Crippen molar-refractivity contribution in [2.45, 2.75) is 39.3 Å². The van der Waals surface area contributed by atoms with Gasteiger partial charge in [-0.3, -0.25) is 9.36 Å². The molecular formula is C37H32BrFN2O5S. The minimum atomic E-state index is -0.823. The Morgan fingerprint density at radius 2 is 1.81 bits per heavy atom. The highest BCUT2D eigenvalue weighted by Gasteiger charge is 2.37. The van der Waals surface area contributed by atoms with E-state index in [-0.39, 0.29) is 24.6 Å². The SMILES string of the molecule is CCCC1=C(C(=O)OCC)[C@H](c2c(OC)ccc3ccccc23)n2c(s/c(=C\c3ccc(OCc4ccccc4F)c(Br)c3)c2=O)=N1. The Labute approximate surface area is 283 Å². The smallest absolute Gasteiger partial charge is 0.338 e. The van der Waals surface area contributed by atoms with Crippen LogP contribution < -0.4 is 24.4 Å². The average Bonchev–Trinajstić information content (AvgIpc) is 3.38. The summed E-state index contributed by atoms with van der Waals surface area (Å²) < 4.78 is 34.1. The second kappa shape index (κ2) is 14.1. The maximum absolute atomic E-state index is 14.4. The maximum atomic E-state index is 14.4. The third-order valence-corrected chi connectivity index (χ3v) is 9.51. The van der Waals surface area contributed by atoms with Gasteiger partial charge in [0.2, 0.25) is 0 Å². The number of thiazole rings is 1. The van der Waals surface area contributed by atoms with E-state index in [0.717, 1.165) is 22.8 Å². The van der Waals surface area contributed by atoms with Gasteiger partial charge in [0.1, 0.15) is 30.0 Å². The van der Waals surface area contributed by atoms with Gasteiger partial charge in [-0.15, -0.1) is 0 Å². The summed E-state index contributed by atoms with van der Waals surface area (Å²) in [4.78, 5) is 33.5. The van der Waals surface area contributed by atoms with Gasteiger partial charge in [0.05, 0.1) is 34.0 Å². The Hall–Kier alpha value is -4.54. The van der Waals surface area contributed by atoms with Gasteiger partial charge in [-0.25, -0.2) is 14.2 Å². The largest absolute Gasteiger partial charge is 0.496 e. The fraction of sp³-hybridized carbons (Fsp3) is 0.216. The first-order chi connectivity index (χ1) is 22.8. The van der Waals surface area contributed by atoms with Crippen LogP contribution in [0.3, 0.4) is 0 Å². The predicted molar refractivity (Wildman–Crippen MR) is 185 cm³/mol. The Morgan fingerprint density at radius 1 is 1.04 bits per heavy atom. The Balaban J connectivity index is 1.50. The molecule has 0 saturated carbocycles. The Bertz CT molecular complexity index is 2210. The highest BCUT2D eigenvalue weighted by molar-refractivity contribution is 9.10. The van der Waals surface area contributed by atoms with Gasteiger partial charge >= 0.3 is 5.97 Å². The van der Waals surface area contributed by atoms with Crippen LogP contribution in [0.1, 0.15) is 49.4 Å². The summed E-state index contributed by atoms with van der Waals surface area (Å²) in [6.45, 7) is 4.04. The van der Waals surface area contributed by atoms with Crippen molar-refractivity contribution < 1.29 is 23.4 Å². The van der Waals surface area contributed by atoms with Crippen LogP contribution in [0.4, 0.5) is 4.39 Å². The molecule has 0 aliphatic carbocycles. The van der Waals surface area contributed by atoms with Gasteiger partial charge in [-0.05, 0) is 76.0 Å². The molecule has 1 aromatic heterocycles. The first-order valence-corrected chi connectivity index (χ1v) is 16.9. The van der Waals surface area contributed by atoms with Crippen molar-refractivity contribution in [1.82, 2.24) is 4.57 Å². The van der Waals surface area contributed by atoms with Crippen molar-refractivity contribution in [2.24, 2.45) is 4.99 Å². The number of carbonyl (C=O) groups is 1. The van der Waals surface area contributed by atoms with Crippen LogP contribution in [0.15, 0.2) is 104 Å². The molecule has 2 heterocycles. The first-order valence-electron chi connectivity index (χ1n) is 15.3. The number of esters is 1. The van der Waals surface area contributed by atoms with E-state index in [0.29, 0.717) is 54.1 Å². The zero-order valence-corrected chi connectivity index (χ0v) is 28.5. The zero-order valence-electron chi connectivity index (χ0n) is 26.1. The van der Waals surface area contributed by atoms with Gasteiger partial charge in [0.25, 0.3) is 5.56 Å². The summed E-state index contributed by atoms with van der Waals surface area (Å²) in [5, 5.41) is 1.81. The van der Waals surface area contributed by atoms with E-state index in [1.807, 2.05) is 55.5 Å². The van der Waals surface area contributed by atoms with Crippen molar-refractivity contribution in [3.05, 3.63) is 137 Å². The normalized spacial score (nSPS) is 14.6. The lowest BCUT2D eigenvalue weighted by Crippen LogP contribution is -2.40. The summed E-state index contributed by atoms with van der Waals surface area (Å²) >= 11 is 4.82. The minimum absolute atomic E-state index is 0.0732. The quantitative estimate of drug-likeness (QED) is 0.143. The van der Waals surface area contributed by atoms with Crippen LogP contribution in [0.2, 0.25) is 0 Å². The highest BCUT2D eigenvalue weighted by Crippen LogP contribution is 2.41. The molecule has 10 heteroatoms. The van der Waals surface area contributed by atoms with Gasteiger partial charge in [-0.1, -0.05) is 79.3 Å². The van der Waals surface area contributed by atoms with E-state index in [4.69, 9.17) is 19.2 Å². The van der Waals surface area contributed by atoms with E-state index in [1.165, 1.54) is 17.4 Å². The monoisotopic (exact) mass is 714 g/mol. The van der Waals surface area contributed by atoms with Gasteiger partial charge in [0.15, 0.2) is 4.80 Å². The second-order valence-electron chi connectivity index (χ2n) is 10.9. The summed E-state index contributed by atoms with van der Waals surface area (Å²) in [5.74, 6) is 0.253. The number of fused-ring (bicyclic) bond motifs is 2. The fourth-order valence-corrected chi connectivity index (χ4v) is 7.31. The fourth-order valence-electron chi connectivity index (χ4n) is 5.78. The molecule has 0 saturated heterocycles. The number of aromatic nitrogens is 1. The van der Waals surface area contributed by atoms with Crippen LogP contribution in [0, 0.1) is 5.82 Å². The molecule has 47 heavy (non-hydrogen) atoms. The molecule has 0 unspecified atom stereocenters. The number of rotatable bonds is 10. The number of methoxy groups -OCH3 is 1. The summed E-state index contributed by atoms with van der Waals surface area (Å²) in [6.07, 6.45) is 3.07. The molecular weight excluding hydrogens is 683 g/mol. The van der Waals surface area contributed by atoms with E-state index in [1.54, 1.807) is 48.9 Å². The number of nitrogens with zero attached hydrogens (tertiary/aromatic N) is 2. The standard InChI is InChI=1S/C37H32BrFN2O5S/c1-4-10-28-33(36(43)45-5-2)34(32-25-13-8-6-11-23(25)16-18-30(32)44-3)41-35(42)31(47-37(41)40-28)20-22-15-17-29(26(38)19-22)46-21-24-12-7-9-14-27(24)39/h6-9,11-20,34H,4-5,10,21H2,1-3H3/b31-20-/t34-/m0/s1. The summed E-state index contributed by atoms with van der Waals surface area (Å²) in [5.41, 5.74) is 2.54. The Kier molecular flexibility index (Phi) is 9.70. The topological polar surface area (TPSA) is 79.1 Å². The van der Waals surface area contributed by atoms with Crippen molar-refractivity contribution in [2.75, 3.05) is 13.7 Å². The lowest BCUT2D eigenvalue weighted by molar-refractivity contribution is -0.139. The molecule has 6 rings (SSSR count). The van der Waals surface area contributed by atoms with Crippen LogP contribution >= 0.6 is 27.3 Å². The molecule has 1 aliphatic heterocycles. The van der Waals surface area contributed by atoms with E-state index >= 15 is 0 Å². The summed E-state index contributed by atoms with van der Waals surface area (Å²) in [6, 6.07) is 22.8. The predicted octanol–water partition coefficient (Wildman–Crippen LogP) is 7.22. The number of allylic oxidation sites excluding steroid dienone is 1. The molecule has 4 aromatic carbocycles. The van der Waals surface area contributed by atoms with Crippen LogP contribution in [-0.4, -0.2) is 24.3 Å². The molecule has 0 bridgehead atoms. The van der Waals surface area contributed by atoms with Crippen molar-refractivity contribution in [1.29, 1.82) is 0 Å². The Morgan fingerprint density at radius 3 is 2.55 bits per heavy atom. The van der Waals surface area contributed by atoms with Crippen LogP contribution in [0.25, 0.3) is 16.8 Å². The number of halogens is 2. The highest BCUT2D eigenvalue weighted by atomic mass is 79.9. The van der Waals surface area contributed by atoms with Crippen LogP contribution in [0.5, 0.6) is 11.5 Å². The zero-order chi connectivity index (χ0) is 33.1. The molecule has 5 aromatic rings. The third-order valence-electron chi connectivity index (χ3n) is 7.91. The molecule has 0 fully saturated rings. The molecule has 7 nitrogen and oxygen atoms in total. The van der Waals surface area contributed by atoms with Gasteiger partial charge in [0, 0.05) is 11.1 Å². The molecule has 1 aliphatic rings. The van der Waals surface area contributed by atoms with Gasteiger partial charge < -0.3 is 14.2 Å². The lowest BCUT2D eigenvalue weighted by atomic mass is 9.90. The minimum Gasteiger partial charge on any atom is -0.496 e. The molecule has 240 valence electrons. The first kappa shape index (κ1) is 32.4. The number of carbonyl (C=O) groups excluding carboxylic acids is 1. The average molecular weight is 716 g/mol. The number of benzene rings is 4. The summed E-state index contributed by atoms with van der Waals surface area (Å²) in [7, 11) is 1.58. The van der Waals surface area contributed by atoms with Crippen molar-refractivity contribution in [3.8, 4) is 11.5 Å². The third kappa shape index (κ3) is 6.40. The second-order valence-corrected chi connectivity index (χ2v) is 12.7. The lowest BCUT2D eigenvalue weighted by Gasteiger charge is -2.28. The van der Waals surface area contributed by atoms with Crippen molar-refractivity contribution in [3.63, 3.8) is 0 Å². The van der Waals surface area contributed by atoms with Crippen molar-refractivity contribution >= 4 is 50.1 Å². The van der Waals surface area contributed by atoms with E-state index in [2.05, 4.69) is 15.9 Å². The molecule has 0 spiro atoms. The van der Waals surface area contributed by atoms with E-state index in [9.17, 15) is 14.0 Å². The van der Waals surface area contributed by atoms with Crippen LogP contribution in [-0.2, 0) is 16.1 Å². The number of hydrogen-bond donors (Lipinski definition) is 0. The maximum Gasteiger partial charge on any atom is 0.338 e. The van der Waals surface area contributed by atoms with E-state index < -0.39 is 12.0 Å². The number of hydrogen-bond acceptors (Lipinski definition) is 7. The molecule has 0 N–H and O–H groups in total.